The maximum Gasteiger partial charge on any atom is 0.220 e. The van der Waals surface area contributed by atoms with E-state index in [1.54, 1.807) is 6.08 Å². The molecule has 0 aromatic rings. The van der Waals surface area contributed by atoms with Crippen LogP contribution in [0.1, 0.15) is 264 Å². The number of unbranched alkanes of at least 4 members (excludes halogenated alkanes) is 30. The highest BCUT2D eigenvalue weighted by atomic mass is 16.7. The summed E-state index contributed by atoms with van der Waals surface area (Å²) >= 11 is 0. The molecule has 0 spiro atoms. The predicted octanol–water partition coefficient (Wildman–Crippen LogP) is 13.6. The van der Waals surface area contributed by atoms with E-state index in [4.69, 9.17) is 18.9 Å². The number of ether oxygens (including phenoxy) is 4. The molecule has 0 radical (unpaired) electrons. The number of aliphatic hydroxyl groups excluding tert-OH is 8. The Bertz CT molecular complexity index is 1750. The number of hydrogen-bond donors (Lipinski definition) is 9. The van der Waals surface area contributed by atoms with Gasteiger partial charge >= 0.3 is 0 Å². The van der Waals surface area contributed by atoms with Crippen molar-refractivity contribution in [3.8, 4) is 0 Å². The van der Waals surface area contributed by atoms with Gasteiger partial charge < -0.3 is 65.1 Å². The molecule has 492 valence electrons. The highest BCUT2D eigenvalue weighted by Crippen LogP contribution is 2.30. The van der Waals surface area contributed by atoms with Crippen molar-refractivity contribution in [1.82, 2.24) is 5.32 Å². The molecule has 2 fully saturated rings. The van der Waals surface area contributed by atoms with Crippen LogP contribution in [0.2, 0.25) is 0 Å². The zero-order valence-electron chi connectivity index (χ0n) is 53.3. The van der Waals surface area contributed by atoms with E-state index in [1.807, 2.05) is 6.08 Å². The smallest absolute Gasteiger partial charge is 0.220 e. The van der Waals surface area contributed by atoms with Crippen molar-refractivity contribution < 1.29 is 64.6 Å². The first-order valence-electron chi connectivity index (χ1n) is 34.3. The SMILES string of the molecule is CC/C=C\C/C=C\C/C=C\C/C=C\CCCCCCCCC(=O)NC(COC1OC(CO)C(OC2OC(CO)C(O)C(O)C2O)C(O)C1O)C(O)/C=C/CC/C=C/CC/C=C/CCCCCCCCCCCCCCCCCCCCCCCC. The second-order valence-electron chi connectivity index (χ2n) is 23.9. The fourth-order valence-corrected chi connectivity index (χ4v) is 10.8. The summed E-state index contributed by atoms with van der Waals surface area (Å²) in [7, 11) is 0. The number of nitrogens with one attached hydrogen (secondary N) is 1. The Morgan fingerprint density at radius 2 is 0.824 bits per heavy atom. The standard InChI is InChI=1S/C71H125NO13/c1-3-5-7-9-11-13-15-17-19-21-23-24-25-26-27-28-29-30-31-32-33-34-35-37-38-40-42-44-46-48-50-52-54-60(75)59(72-63(76)55-53-51-49-47-45-43-41-39-36-22-20-18-16-14-12-10-8-6-4-2)58-82-70-68(81)66(79)69(62(57-74)84-70)85-71-67(80)65(78)64(77)61(56-73)83-71/h6,8,12,14,18,20,36-39,44,46,52,54,59-62,64-71,73-75,77-81H,3-5,7,9-11,13,15-17,19,21-35,40-43,45,47-51,53,55-58H2,1-2H3,(H,72,76)/b8-6-,14-12-,20-18-,38-37+,39-36-,46-44+,54-52+. The van der Waals surface area contributed by atoms with Crippen molar-refractivity contribution >= 4 is 5.91 Å². The third-order valence-corrected chi connectivity index (χ3v) is 16.3. The lowest BCUT2D eigenvalue weighted by molar-refractivity contribution is -0.359. The molecule has 2 rings (SSSR count). The quantitative estimate of drug-likeness (QED) is 0.0204. The molecule has 12 unspecified atom stereocenters. The fourth-order valence-electron chi connectivity index (χ4n) is 10.8. The normalized spacial score (nSPS) is 24.1. The van der Waals surface area contributed by atoms with E-state index < -0.39 is 86.8 Å². The van der Waals surface area contributed by atoms with Crippen molar-refractivity contribution in [1.29, 1.82) is 0 Å². The van der Waals surface area contributed by atoms with Crippen LogP contribution in [0.3, 0.4) is 0 Å². The lowest BCUT2D eigenvalue weighted by Gasteiger charge is -2.46. The van der Waals surface area contributed by atoms with Gasteiger partial charge in [-0.25, -0.2) is 0 Å². The van der Waals surface area contributed by atoms with Gasteiger partial charge in [0.15, 0.2) is 12.6 Å². The topological polar surface area (TPSA) is 228 Å². The average Bonchev–Trinajstić information content (AvgIpc) is 3.69. The molecule has 0 bridgehead atoms. The van der Waals surface area contributed by atoms with Crippen LogP contribution < -0.4 is 5.32 Å². The molecule has 14 nitrogen and oxygen atoms in total. The number of amides is 1. The van der Waals surface area contributed by atoms with Gasteiger partial charge in [0.25, 0.3) is 0 Å². The van der Waals surface area contributed by atoms with Crippen LogP contribution in [0.5, 0.6) is 0 Å². The highest BCUT2D eigenvalue weighted by molar-refractivity contribution is 5.76. The number of carbonyl (C=O) groups is 1. The van der Waals surface area contributed by atoms with Gasteiger partial charge in [-0.1, -0.05) is 259 Å². The monoisotopic (exact) mass is 1200 g/mol. The summed E-state index contributed by atoms with van der Waals surface area (Å²) in [4.78, 5) is 13.3. The number of allylic oxidation sites excluding steroid dienone is 13. The van der Waals surface area contributed by atoms with Gasteiger partial charge in [-0.2, -0.15) is 0 Å². The van der Waals surface area contributed by atoms with Gasteiger partial charge in [-0.05, 0) is 83.5 Å². The second-order valence-corrected chi connectivity index (χ2v) is 23.9. The Hall–Kier alpha value is -2.83. The van der Waals surface area contributed by atoms with E-state index in [2.05, 4.69) is 92.1 Å². The van der Waals surface area contributed by atoms with Gasteiger partial charge in [0.1, 0.15) is 48.8 Å². The Kier molecular flexibility index (Phi) is 50.9. The van der Waals surface area contributed by atoms with Gasteiger partial charge in [0.05, 0.1) is 32.0 Å². The summed E-state index contributed by atoms with van der Waals surface area (Å²) in [5.74, 6) is -0.269. The van der Waals surface area contributed by atoms with Gasteiger partial charge in [-0.15, -0.1) is 0 Å². The second kappa shape index (κ2) is 55.3. The number of aliphatic hydroxyl groups is 8. The molecule has 2 aliphatic heterocycles. The van der Waals surface area contributed by atoms with Gasteiger partial charge in [0.2, 0.25) is 5.91 Å². The molecule has 14 heteroatoms. The molecule has 0 aromatic heterocycles. The van der Waals surface area contributed by atoms with Crippen molar-refractivity contribution in [2.75, 3.05) is 19.8 Å². The molecule has 1 amide bonds. The molecule has 9 N–H and O–H groups in total. The molecular formula is C71H125NO13. The Balaban J connectivity index is 1.71. The van der Waals surface area contributed by atoms with Crippen LogP contribution in [0.25, 0.3) is 0 Å². The fraction of sp³-hybridized carbons (Fsp3) is 0.789. The highest BCUT2D eigenvalue weighted by Gasteiger charge is 2.51. The summed E-state index contributed by atoms with van der Waals surface area (Å²) < 4.78 is 22.8. The van der Waals surface area contributed by atoms with Crippen LogP contribution in [0.4, 0.5) is 0 Å². The first-order valence-corrected chi connectivity index (χ1v) is 34.3. The van der Waals surface area contributed by atoms with Crippen LogP contribution >= 0.6 is 0 Å². The minimum Gasteiger partial charge on any atom is -0.394 e. The van der Waals surface area contributed by atoms with E-state index in [-0.39, 0.29) is 18.9 Å². The largest absolute Gasteiger partial charge is 0.394 e. The summed E-state index contributed by atoms with van der Waals surface area (Å²) in [5, 5.41) is 87.3. The minimum absolute atomic E-state index is 0.249. The van der Waals surface area contributed by atoms with Gasteiger partial charge in [-0.3, -0.25) is 4.79 Å². The molecule has 0 saturated carbocycles. The van der Waals surface area contributed by atoms with Crippen molar-refractivity contribution in [3.05, 3.63) is 85.1 Å². The number of carbonyl (C=O) groups excluding carboxylic acids is 1. The van der Waals surface area contributed by atoms with Crippen molar-refractivity contribution in [2.24, 2.45) is 0 Å². The Labute approximate surface area is 516 Å². The van der Waals surface area contributed by atoms with E-state index in [0.717, 1.165) is 89.9 Å². The third-order valence-electron chi connectivity index (χ3n) is 16.3. The molecule has 12 atom stereocenters. The first-order chi connectivity index (χ1) is 41.6. The minimum atomic E-state index is -1.80. The maximum absolute atomic E-state index is 13.3. The van der Waals surface area contributed by atoms with E-state index in [9.17, 15) is 45.6 Å². The third kappa shape index (κ3) is 39.7. The summed E-state index contributed by atoms with van der Waals surface area (Å²) in [6, 6.07) is -0.952. The van der Waals surface area contributed by atoms with Crippen LogP contribution in [0.15, 0.2) is 85.1 Å². The van der Waals surface area contributed by atoms with Crippen LogP contribution in [-0.4, -0.2) is 140 Å². The van der Waals surface area contributed by atoms with Crippen molar-refractivity contribution in [3.63, 3.8) is 0 Å². The molecule has 2 saturated heterocycles. The Morgan fingerprint density at radius 3 is 1.29 bits per heavy atom. The first kappa shape index (κ1) is 78.3. The maximum atomic E-state index is 13.3. The molecule has 0 aliphatic carbocycles. The lowest BCUT2D eigenvalue weighted by atomic mass is 9.97. The zero-order valence-corrected chi connectivity index (χ0v) is 53.3. The van der Waals surface area contributed by atoms with Gasteiger partial charge in [0, 0.05) is 6.42 Å². The van der Waals surface area contributed by atoms with E-state index in [0.29, 0.717) is 12.8 Å². The summed E-state index contributed by atoms with van der Waals surface area (Å²) in [6.07, 6.45) is 59.4. The molecule has 2 aliphatic rings. The zero-order chi connectivity index (χ0) is 61.6. The molecule has 0 aromatic carbocycles. The van der Waals surface area contributed by atoms with E-state index >= 15 is 0 Å². The summed E-state index contributed by atoms with van der Waals surface area (Å²) in [6.45, 7) is 2.67. The average molecular weight is 1200 g/mol. The predicted molar refractivity (Wildman–Crippen MR) is 346 cm³/mol. The Morgan fingerprint density at radius 1 is 0.435 bits per heavy atom. The summed E-state index contributed by atoms with van der Waals surface area (Å²) in [5.41, 5.74) is 0. The number of rotatable bonds is 55. The molecule has 2 heterocycles. The van der Waals surface area contributed by atoms with E-state index in [1.165, 1.54) is 141 Å². The van der Waals surface area contributed by atoms with Crippen LogP contribution in [-0.2, 0) is 23.7 Å². The molecular weight excluding hydrogens is 1070 g/mol. The lowest BCUT2D eigenvalue weighted by Crippen LogP contribution is -2.65. The van der Waals surface area contributed by atoms with Crippen LogP contribution in [0, 0.1) is 0 Å². The van der Waals surface area contributed by atoms with Crippen molar-refractivity contribution in [2.45, 2.75) is 338 Å². The number of hydrogen-bond acceptors (Lipinski definition) is 13. The molecule has 85 heavy (non-hydrogen) atoms.